The zero-order chi connectivity index (χ0) is 14.0. The molecule has 104 valence electrons. The van der Waals surface area contributed by atoms with Crippen LogP contribution in [0.2, 0.25) is 0 Å². The molecule has 0 unspecified atom stereocenters. The molecule has 1 aromatic rings. The maximum Gasteiger partial charge on any atom is 0.353 e. The van der Waals surface area contributed by atoms with Gasteiger partial charge in [0.1, 0.15) is 6.33 Å². The van der Waals surface area contributed by atoms with Crippen molar-refractivity contribution in [3.05, 3.63) is 16.4 Å². The molecule has 1 aliphatic rings. The van der Waals surface area contributed by atoms with E-state index in [-0.39, 0.29) is 11.5 Å². The molecule has 2 heterocycles. The summed E-state index contributed by atoms with van der Waals surface area (Å²) in [5.74, 6) is 0.680. The summed E-state index contributed by atoms with van der Waals surface area (Å²) >= 11 is 0. The fraction of sp³-hybridized carbons (Fsp3) is 0.667. The Bertz CT molecular complexity index is 479. The van der Waals surface area contributed by atoms with Gasteiger partial charge in [-0.25, -0.2) is 9.97 Å². The minimum absolute atomic E-state index is 0.0373. The molecule has 0 radical (unpaired) electrons. The average molecular weight is 265 g/mol. The summed E-state index contributed by atoms with van der Waals surface area (Å²) in [6, 6.07) is 0. The molecule has 0 spiro atoms. The van der Waals surface area contributed by atoms with Gasteiger partial charge in [0, 0.05) is 20.1 Å². The van der Waals surface area contributed by atoms with E-state index >= 15 is 0 Å². The van der Waals surface area contributed by atoms with Crippen molar-refractivity contribution in [3.63, 3.8) is 0 Å². The molecule has 2 rings (SSSR count). The molecule has 0 aromatic carbocycles. The topological polar surface area (TPSA) is 84.2 Å². The summed E-state index contributed by atoms with van der Waals surface area (Å²) in [5, 5.41) is 14.0. The van der Waals surface area contributed by atoms with Gasteiger partial charge in [-0.3, -0.25) is 10.1 Å². The van der Waals surface area contributed by atoms with Gasteiger partial charge in [-0.1, -0.05) is 13.8 Å². The third-order valence-electron chi connectivity index (χ3n) is 3.64. The van der Waals surface area contributed by atoms with Crippen molar-refractivity contribution < 1.29 is 4.92 Å². The van der Waals surface area contributed by atoms with E-state index in [9.17, 15) is 10.1 Å². The van der Waals surface area contributed by atoms with Crippen molar-refractivity contribution in [1.29, 1.82) is 0 Å². The largest absolute Gasteiger partial charge is 0.367 e. The molecule has 0 atom stereocenters. The van der Waals surface area contributed by atoms with Gasteiger partial charge in [0.15, 0.2) is 0 Å². The summed E-state index contributed by atoms with van der Waals surface area (Å²) in [5.41, 5.74) is 0.258. The number of anilines is 2. The second-order valence-corrected chi connectivity index (χ2v) is 5.55. The van der Waals surface area contributed by atoms with Crippen LogP contribution in [-0.4, -0.2) is 35.0 Å². The standard InChI is InChI=1S/C12H19N5O2/c1-12(2)4-6-16(7-5-12)11-9(17(18)19)10(13-3)14-8-15-11/h8H,4-7H2,1-3H3,(H,13,14,15). The molecule has 19 heavy (non-hydrogen) atoms. The monoisotopic (exact) mass is 265 g/mol. The zero-order valence-corrected chi connectivity index (χ0v) is 11.5. The second-order valence-electron chi connectivity index (χ2n) is 5.55. The maximum atomic E-state index is 11.2. The van der Waals surface area contributed by atoms with Gasteiger partial charge < -0.3 is 10.2 Å². The first-order valence-electron chi connectivity index (χ1n) is 6.37. The van der Waals surface area contributed by atoms with Crippen molar-refractivity contribution in [1.82, 2.24) is 9.97 Å². The average Bonchev–Trinajstić information content (AvgIpc) is 2.37. The van der Waals surface area contributed by atoms with Crippen molar-refractivity contribution in [2.45, 2.75) is 26.7 Å². The fourth-order valence-corrected chi connectivity index (χ4v) is 2.28. The molecule has 1 aliphatic heterocycles. The molecule has 1 fully saturated rings. The molecular weight excluding hydrogens is 246 g/mol. The van der Waals surface area contributed by atoms with Crippen LogP contribution in [0.25, 0.3) is 0 Å². The van der Waals surface area contributed by atoms with Gasteiger partial charge in [0.2, 0.25) is 11.6 Å². The molecule has 7 heteroatoms. The minimum Gasteiger partial charge on any atom is -0.367 e. The summed E-state index contributed by atoms with van der Waals surface area (Å²) in [6.45, 7) is 6.01. The Balaban J connectivity index is 2.32. The smallest absolute Gasteiger partial charge is 0.353 e. The summed E-state index contributed by atoms with van der Waals surface area (Å²) in [6.07, 6.45) is 3.38. The molecular formula is C12H19N5O2. The lowest BCUT2D eigenvalue weighted by Gasteiger charge is -2.37. The van der Waals surface area contributed by atoms with Crippen molar-refractivity contribution in [2.75, 3.05) is 30.4 Å². The van der Waals surface area contributed by atoms with Crippen LogP contribution in [0.4, 0.5) is 17.3 Å². The quantitative estimate of drug-likeness (QED) is 0.665. The number of nitro groups is 1. The highest BCUT2D eigenvalue weighted by atomic mass is 16.6. The van der Waals surface area contributed by atoms with E-state index in [1.165, 1.54) is 6.33 Å². The lowest BCUT2D eigenvalue weighted by Crippen LogP contribution is -2.38. The number of aromatic nitrogens is 2. The lowest BCUT2D eigenvalue weighted by molar-refractivity contribution is -0.383. The van der Waals surface area contributed by atoms with Crippen LogP contribution in [0.5, 0.6) is 0 Å². The van der Waals surface area contributed by atoms with E-state index in [1.54, 1.807) is 7.05 Å². The van der Waals surface area contributed by atoms with Crippen LogP contribution in [0.3, 0.4) is 0 Å². The number of piperidine rings is 1. The van der Waals surface area contributed by atoms with E-state index in [1.807, 2.05) is 4.90 Å². The Morgan fingerprint density at radius 2 is 2.00 bits per heavy atom. The maximum absolute atomic E-state index is 11.2. The van der Waals surface area contributed by atoms with E-state index < -0.39 is 4.92 Å². The number of nitrogens with one attached hydrogen (secondary N) is 1. The number of nitrogens with zero attached hydrogens (tertiary/aromatic N) is 4. The second kappa shape index (κ2) is 4.99. The molecule has 1 saturated heterocycles. The Morgan fingerprint density at radius 3 is 2.53 bits per heavy atom. The van der Waals surface area contributed by atoms with Crippen LogP contribution in [0.1, 0.15) is 26.7 Å². The molecule has 0 aliphatic carbocycles. The Labute approximate surface area is 112 Å². The van der Waals surface area contributed by atoms with Crippen LogP contribution in [0, 0.1) is 15.5 Å². The predicted molar refractivity (Wildman–Crippen MR) is 73.5 cm³/mol. The normalized spacial score (nSPS) is 18.2. The Morgan fingerprint density at radius 1 is 1.37 bits per heavy atom. The van der Waals surface area contributed by atoms with Gasteiger partial charge >= 0.3 is 5.69 Å². The van der Waals surface area contributed by atoms with Crippen LogP contribution in [0.15, 0.2) is 6.33 Å². The van der Waals surface area contributed by atoms with Gasteiger partial charge in [-0.15, -0.1) is 0 Å². The third kappa shape index (κ3) is 2.74. The predicted octanol–water partition coefficient (Wildman–Crippen LogP) is 2.05. The highest BCUT2D eigenvalue weighted by molar-refractivity contribution is 5.70. The van der Waals surface area contributed by atoms with Crippen molar-refractivity contribution in [3.8, 4) is 0 Å². The first-order valence-corrected chi connectivity index (χ1v) is 6.37. The van der Waals surface area contributed by atoms with Crippen LogP contribution < -0.4 is 10.2 Å². The Hall–Kier alpha value is -1.92. The van der Waals surface area contributed by atoms with E-state index in [4.69, 9.17) is 0 Å². The van der Waals surface area contributed by atoms with Gasteiger partial charge in [0.05, 0.1) is 4.92 Å². The highest BCUT2D eigenvalue weighted by Gasteiger charge is 2.31. The van der Waals surface area contributed by atoms with Crippen molar-refractivity contribution >= 4 is 17.3 Å². The number of hydrogen-bond donors (Lipinski definition) is 1. The molecule has 1 aromatic heterocycles. The van der Waals surface area contributed by atoms with Gasteiger partial charge in [0.25, 0.3) is 0 Å². The van der Waals surface area contributed by atoms with Gasteiger partial charge in [-0.05, 0) is 18.3 Å². The first kappa shape index (κ1) is 13.5. The SMILES string of the molecule is CNc1ncnc(N2CCC(C)(C)CC2)c1[N+](=O)[O-]. The van der Waals surface area contributed by atoms with E-state index in [2.05, 4.69) is 29.1 Å². The van der Waals surface area contributed by atoms with Crippen LogP contribution >= 0.6 is 0 Å². The highest BCUT2D eigenvalue weighted by Crippen LogP contribution is 2.36. The molecule has 7 nitrogen and oxygen atoms in total. The number of hydrogen-bond acceptors (Lipinski definition) is 6. The zero-order valence-electron chi connectivity index (χ0n) is 11.5. The first-order chi connectivity index (χ1) is 8.94. The Kier molecular flexibility index (Phi) is 3.55. The molecule has 0 saturated carbocycles. The molecule has 1 N–H and O–H groups in total. The minimum atomic E-state index is -0.416. The van der Waals surface area contributed by atoms with Gasteiger partial charge in [-0.2, -0.15) is 0 Å². The molecule has 0 bridgehead atoms. The number of rotatable bonds is 3. The van der Waals surface area contributed by atoms with E-state index in [0.717, 1.165) is 25.9 Å². The summed E-state index contributed by atoms with van der Waals surface area (Å²) in [7, 11) is 1.62. The summed E-state index contributed by atoms with van der Waals surface area (Å²) < 4.78 is 0. The van der Waals surface area contributed by atoms with E-state index in [0.29, 0.717) is 11.2 Å². The molecule has 0 amide bonds. The fourth-order valence-electron chi connectivity index (χ4n) is 2.28. The van der Waals surface area contributed by atoms with Crippen molar-refractivity contribution in [2.24, 2.45) is 5.41 Å². The lowest BCUT2D eigenvalue weighted by atomic mass is 9.83. The van der Waals surface area contributed by atoms with Crippen LogP contribution in [-0.2, 0) is 0 Å². The summed E-state index contributed by atoms with van der Waals surface area (Å²) in [4.78, 5) is 20.8. The third-order valence-corrected chi connectivity index (χ3v) is 3.64.